The number of nitrogens with zero attached hydrogens (tertiary/aromatic N) is 2. The van der Waals surface area contributed by atoms with E-state index in [-0.39, 0.29) is 5.91 Å². The standard InChI is InChI=1S/C25H20N2O/c1-19-9-5-6-13-22(19)17-25(18-26)23-14-8-7-10-20(23)15-16-27(25)24(28)21-11-3-2-4-12-21/h2-16H,17H2,1H3. The van der Waals surface area contributed by atoms with Crippen LogP contribution >= 0.6 is 0 Å². The van der Waals surface area contributed by atoms with Crippen LogP contribution in [0.1, 0.15) is 32.6 Å². The summed E-state index contributed by atoms with van der Waals surface area (Å²) in [5.74, 6) is -0.179. The number of hydrogen-bond acceptors (Lipinski definition) is 2. The zero-order valence-electron chi connectivity index (χ0n) is 15.7. The number of hydrogen-bond donors (Lipinski definition) is 0. The minimum absolute atomic E-state index is 0.179. The van der Waals surface area contributed by atoms with Gasteiger partial charge in [0.1, 0.15) is 0 Å². The van der Waals surface area contributed by atoms with E-state index >= 15 is 0 Å². The molecule has 3 heteroatoms. The van der Waals surface area contributed by atoms with Crippen molar-refractivity contribution in [2.24, 2.45) is 0 Å². The minimum atomic E-state index is -1.11. The number of benzene rings is 3. The highest BCUT2D eigenvalue weighted by Gasteiger charge is 2.44. The van der Waals surface area contributed by atoms with Gasteiger partial charge in [-0.15, -0.1) is 0 Å². The third kappa shape index (κ3) is 2.90. The van der Waals surface area contributed by atoms with Gasteiger partial charge in [0.2, 0.25) is 0 Å². The minimum Gasteiger partial charge on any atom is -0.291 e. The van der Waals surface area contributed by atoms with Crippen LogP contribution in [0, 0.1) is 18.3 Å². The lowest BCUT2D eigenvalue weighted by Gasteiger charge is -2.40. The third-order valence-corrected chi connectivity index (χ3v) is 5.35. The molecule has 0 N–H and O–H groups in total. The second kappa shape index (κ2) is 7.17. The van der Waals surface area contributed by atoms with E-state index in [9.17, 15) is 10.1 Å². The third-order valence-electron chi connectivity index (χ3n) is 5.35. The van der Waals surface area contributed by atoms with Gasteiger partial charge in [0, 0.05) is 18.2 Å². The van der Waals surface area contributed by atoms with Gasteiger partial charge in [0.05, 0.1) is 6.07 Å². The van der Waals surface area contributed by atoms with Gasteiger partial charge < -0.3 is 0 Å². The quantitative estimate of drug-likeness (QED) is 0.650. The van der Waals surface area contributed by atoms with E-state index in [4.69, 9.17) is 0 Å². The fourth-order valence-corrected chi connectivity index (χ4v) is 3.81. The van der Waals surface area contributed by atoms with Gasteiger partial charge >= 0.3 is 0 Å². The molecule has 0 saturated heterocycles. The maximum absolute atomic E-state index is 13.4. The van der Waals surface area contributed by atoms with E-state index in [1.54, 1.807) is 23.2 Å². The number of aryl methyl sites for hydroxylation is 1. The van der Waals surface area contributed by atoms with Crippen LogP contribution in [0.25, 0.3) is 6.08 Å². The molecule has 4 rings (SSSR count). The van der Waals surface area contributed by atoms with Crippen LogP contribution in [0.2, 0.25) is 0 Å². The van der Waals surface area contributed by atoms with E-state index in [0.717, 1.165) is 22.3 Å². The second-order valence-electron chi connectivity index (χ2n) is 7.02. The average Bonchev–Trinajstić information content (AvgIpc) is 2.75. The van der Waals surface area contributed by atoms with Crippen molar-refractivity contribution in [2.75, 3.05) is 0 Å². The molecule has 3 aromatic carbocycles. The molecule has 0 aromatic heterocycles. The van der Waals surface area contributed by atoms with E-state index in [1.165, 1.54) is 0 Å². The Morgan fingerprint density at radius 2 is 1.64 bits per heavy atom. The summed E-state index contributed by atoms with van der Waals surface area (Å²) in [5, 5.41) is 10.4. The van der Waals surface area contributed by atoms with Gasteiger partial charge in [-0.1, -0.05) is 66.7 Å². The molecular weight excluding hydrogens is 344 g/mol. The molecule has 136 valence electrons. The molecule has 1 heterocycles. The van der Waals surface area contributed by atoms with Gasteiger partial charge in [0.15, 0.2) is 5.54 Å². The fraction of sp³-hybridized carbons (Fsp3) is 0.120. The molecule has 1 aliphatic rings. The lowest BCUT2D eigenvalue weighted by molar-refractivity contribution is 0.0697. The maximum atomic E-state index is 13.4. The molecule has 0 spiro atoms. The smallest absolute Gasteiger partial charge is 0.259 e. The normalized spacial score (nSPS) is 17.6. The van der Waals surface area contributed by atoms with Crippen LogP contribution in [0.3, 0.4) is 0 Å². The van der Waals surface area contributed by atoms with Gasteiger partial charge in [0.25, 0.3) is 5.91 Å². The predicted molar refractivity (Wildman–Crippen MR) is 110 cm³/mol. The highest BCUT2D eigenvalue weighted by molar-refractivity contribution is 5.96. The molecule has 1 atom stereocenters. The first kappa shape index (κ1) is 17.8. The van der Waals surface area contributed by atoms with Crippen LogP contribution in [0.5, 0.6) is 0 Å². The first-order valence-corrected chi connectivity index (χ1v) is 9.28. The van der Waals surface area contributed by atoms with Crippen molar-refractivity contribution < 1.29 is 4.79 Å². The summed E-state index contributed by atoms with van der Waals surface area (Å²) < 4.78 is 0. The second-order valence-corrected chi connectivity index (χ2v) is 7.02. The SMILES string of the molecule is Cc1ccccc1CC1(C#N)c2ccccc2C=CN1C(=O)c1ccccc1. The van der Waals surface area contributed by atoms with Crippen LogP contribution < -0.4 is 0 Å². The summed E-state index contributed by atoms with van der Waals surface area (Å²) in [5.41, 5.74) is 3.44. The highest BCUT2D eigenvalue weighted by atomic mass is 16.2. The monoisotopic (exact) mass is 364 g/mol. The molecule has 3 aromatic rings. The molecule has 3 nitrogen and oxygen atoms in total. The van der Waals surface area contributed by atoms with Crippen LogP contribution in [-0.2, 0) is 12.0 Å². The average molecular weight is 364 g/mol. The Morgan fingerprint density at radius 3 is 2.39 bits per heavy atom. The molecule has 0 bridgehead atoms. The largest absolute Gasteiger partial charge is 0.291 e. The number of rotatable bonds is 3. The summed E-state index contributed by atoms with van der Waals surface area (Å²) in [6.07, 6.45) is 4.08. The number of fused-ring (bicyclic) bond motifs is 1. The molecule has 0 saturated carbocycles. The predicted octanol–water partition coefficient (Wildman–Crippen LogP) is 5.08. The number of nitriles is 1. The molecule has 0 radical (unpaired) electrons. The zero-order chi connectivity index (χ0) is 19.6. The Bertz CT molecular complexity index is 1090. The lowest BCUT2D eigenvalue weighted by atomic mass is 9.78. The van der Waals surface area contributed by atoms with Crippen LogP contribution in [0.4, 0.5) is 0 Å². The van der Waals surface area contributed by atoms with E-state index in [2.05, 4.69) is 6.07 Å². The Hall–Kier alpha value is -3.64. The fourth-order valence-electron chi connectivity index (χ4n) is 3.81. The number of carbonyl (C=O) groups excluding carboxylic acids is 1. The van der Waals surface area contributed by atoms with Crippen molar-refractivity contribution in [3.05, 3.63) is 113 Å². The Balaban J connectivity index is 1.89. The summed E-state index contributed by atoms with van der Waals surface area (Å²) in [6, 6.07) is 27.5. The molecule has 0 fully saturated rings. The van der Waals surface area contributed by atoms with Crippen LogP contribution in [0.15, 0.2) is 85.1 Å². The van der Waals surface area contributed by atoms with Crippen molar-refractivity contribution in [3.63, 3.8) is 0 Å². The van der Waals surface area contributed by atoms with Crippen molar-refractivity contribution in [1.82, 2.24) is 4.90 Å². The Kier molecular flexibility index (Phi) is 4.55. The highest BCUT2D eigenvalue weighted by Crippen LogP contribution is 2.40. The molecular formula is C25H20N2O. The van der Waals surface area contributed by atoms with Crippen molar-refractivity contribution in [2.45, 2.75) is 18.9 Å². The van der Waals surface area contributed by atoms with Gasteiger partial charge in [-0.3, -0.25) is 9.69 Å². The molecule has 1 aliphatic heterocycles. The van der Waals surface area contributed by atoms with Gasteiger partial charge in [-0.05, 0) is 47.4 Å². The van der Waals surface area contributed by atoms with E-state index < -0.39 is 5.54 Å². The number of amides is 1. The maximum Gasteiger partial charge on any atom is 0.259 e. The number of carbonyl (C=O) groups is 1. The summed E-state index contributed by atoms with van der Waals surface area (Å²) in [7, 11) is 0. The first-order valence-electron chi connectivity index (χ1n) is 9.28. The van der Waals surface area contributed by atoms with E-state index in [0.29, 0.717) is 12.0 Å². The summed E-state index contributed by atoms with van der Waals surface area (Å²) in [4.78, 5) is 15.0. The van der Waals surface area contributed by atoms with Gasteiger partial charge in [-0.2, -0.15) is 5.26 Å². The van der Waals surface area contributed by atoms with Gasteiger partial charge in [-0.25, -0.2) is 0 Å². The molecule has 28 heavy (non-hydrogen) atoms. The van der Waals surface area contributed by atoms with Crippen molar-refractivity contribution >= 4 is 12.0 Å². The lowest BCUT2D eigenvalue weighted by Crippen LogP contribution is -2.49. The molecule has 1 amide bonds. The molecule has 0 aliphatic carbocycles. The topological polar surface area (TPSA) is 44.1 Å². The Morgan fingerprint density at radius 1 is 0.964 bits per heavy atom. The Labute approximate surface area is 165 Å². The van der Waals surface area contributed by atoms with Crippen LogP contribution in [-0.4, -0.2) is 10.8 Å². The van der Waals surface area contributed by atoms with Crippen molar-refractivity contribution in [3.8, 4) is 6.07 Å². The zero-order valence-corrected chi connectivity index (χ0v) is 15.7. The van der Waals surface area contributed by atoms with E-state index in [1.807, 2.05) is 79.7 Å². The molecule has 1 unspecified atom stereocenters. The van der Waals surface area contributed by atoms with Crippen molar-refractivity contribution in [1.29, 1.82) is 5.26 Å². The first-order chi connectivity index (χ1) is 13.7. The summed E-state index contributed by atoms with van der Waals surface area (Å²) in [6.45, 7) is 2.04. The summed E-state index contributed by atoms with van der Waals surface area (Å²) >= 11 is 0.